The predicted octanol–water partition coefficient (Wildman–Crippen LogP) is 3.26. The SMILES string of the molecule is O=C([O-])c1ccccc1C(=O)Nc1cc(Cl)c(Cl)cc1Cl. The fraction of sp³-hybridized carbons (Fsp3) is 0. The van der Waals surface area contributed by atoms with Crippen molar-refractivity contribution in [2.75, 3.05) is 5.32 Å². The van der Waals surface area contributed by atoms with Gasteiger partial charge in [0.25, 0.3) is 5.91 Å². The Hall–Kier alpha value is -1.75. The van der Waals surface area contributed by atoms with Gasteiger partial charge in [-0.2, -0.15) is 0 Å². The number of rotatable bonds is 3. The van der Waals surface area contributed by atoms with Crippen LogP contribution in [0.3, 0.4) is 0 Å². The van der Waals surface area contributed by atoms with Crippen LogP contribution in [0.4, 0.5) is 5.69 Å². The number of carboxylic acid groups (broad SMARTS) is 1. The third kappa shape index (κ3) is 3.47. The number of amides is 1. The highest BCUT2D eigenvalue weighted by Crippen LogP contribution is 2.32. The summed E-state index contributed by atoms with van der Waals surface area (Å²) in [5.41, 5.74) is -0.0324. The van der Waals surface area contributed by atoms with E-state index < -0.39 is 11.9 Å². The second kappa shape index (κ2) is 6.35. The number of carbonyl (C=O) groups excluding carboxylic acids is 2. The lowest BCUT2D eigenvalue weighted by Gasteiger charge is -2.12. The maximum absolute atomic E-state index is 12.2. The minimum atomic E-state index is -1.44. The molecule has 1 N–H and O–H groups in total. The van der Waals surface area contributed by atoms with Crippen molar-refractivity contribution in [3.05, 3.63) is 62.6 Å². The number of anilines is 1. The van der Waals surface area contributed by atoms with Crippen molar-refractivity contribution < 1.29 is 14.7 Å². The maximum atomic E-state index is 12.2. The van der Waals surface area contributed by atoms with E-state index in [0.717, 1.165) is 0 Å². The number of halogens is 3. The first-order valence-corrected chi connectivity index (χ1v) is 6.80. The Morgan fingerprint density at radius 3 is 2.10 bits per heavy atom. The van der Waals surface area contributed by atoms with E-state index >= 15 is 0 Å². The van der Waals surface area contributed by atoms with Crippen LogP contribution in [-0.2, 0) is 0 Å². The van der Waals surface area contributed by atoms with Gasteiger partial charge in [0.2, 0.25) is 0 Å². The topological polar surface area (TPSA) is 69.2 Å². The molecule has 108 valence electrons. The molecular formula is C14H7Cl3NO3-. The summed E-state index contributed by atoms with van der Waals surface area (Å²) in [6.45, 7) is 0. The number of carbonyl (C=O) groups is 2. The summed E-state index contributed by atoms with van der Waals surface area (Å²) in [4.78, 5) is 23.1. The first-order chi connectivity index (χ1) is 9.90. The number of hydrogen-bond donors (Lipinski definition) is 1. The zero-order chi connectivity index (χ0) is 15.6. The van der Waals surface area contributed by atoms with Crippen LogP contribution in [0.2, 0.25) is 15.1 Å². The van der Waals surface area contributed by atoms with Crippen LogP contribution in [0.15, 0.2) is 36.4 Å². The Balaban J connectivity index is 2.35. The largest absolute Gasteiger partial charge is 0.545 e. The Bertz CT molecular complexity index is 731. The molecule has 0 aromatic heterocycles. The summed E-state index contributed by atoms with van der Waals surface area (Å²) in [5, 5.41) is 14.1. The van der Waals surface area contributed by atoms with E-state index in [4.69, 9.17) is 34.8 Å². The van der Waals surface area contributed by atoms with E-state index in [9.17, 15) is 14.7 Å². The number of hydrogen-bond acceptors (Lipinski definition) is 3. The molecule has 4 nitrogen and oxygen atoms in total. The van der Waals surface area contributed by atoms with Gasteiger partial charge in [0.1, 0.15) is 0 Å². The average Bonchev–Trinajstić information content (AvgIpc) is 2.44. The van der Waals surface area contributed by atoms with Gasteiger partial charge in [0.05, 0.1) is 26.7 Å². The number of nitrogens with one attached hydrogen (secondary N) is 1. The highest BCUT2D eigenvalue weighted by atomic mass is 35.5. The molecule has 0 aliphatic heterocycles. The molecule has 0 aliphatic rings. The molecule has 2 aromatic carbocycles. The monoisotopic (exact) mass is 342 g/mol. The molecule has 0 aliphatic carbocycles. The van der Waals surface area contributed by atoms with Gasteiger partial charge in [0.15, 0.2) is 0 Å². The minimum Gasteiger partial charge on any atom is -0.545 e. The fourth-order valence-corrected chi connectivity index (χ4v) is 2.26. The molecule has 1 amide bonds. The lowest BCUT2D eigenvalue weighted by Crippen LogP contribution is -2.26. The Morgan fingerprint density at radius 2 is 1.48 bits per heavy atom. The van der Waals surface area contributed by atoms with Gasteiger partial charge >= 0.3 is 0 Å². The second-order valence-corrected chi connectivity index (χ2v) is 5.25. The van der Waals surface area contributed by atoms with Crippen LogP contribution >= 0.6 is 34.8 Å². The van der Waals surface area contributed by atoms with Gasteiger partial charge in [0, 0.05) is 11.1 Å². The highest BCUT2D eigenvalue weighted by Gasteiger charge is 2.14. The van der Waals surface area contributed by atoms with Crippen molar-refractivity contribution in [1.29, 1.82) is 0 Å². The number of benzene rings is 2. The predicted molar refractivity (Wildman–Crippen MR) is 80.2 cm³/mol. The van der Waals surface area contributed by atoms with Crippen molar-refractivity contribution >= 4 is 52.4 Å². The van der Waals surface area contributed by atoms with Crippen LogP contribution in [0.25, 0.3) is 0 Å². The van der Waals surface area contributed by atoms with Crippen molar-refractivity contribution in [2.45, 2.75) is 0 Å². The van der Waals surface area contributed by atoms with Crippen molar-refractivity contribution in [1.82, 2.24) is 0 Å². The molecule has 2 rings (SSSR count). The molecule has 0 heterocycles. The lowest BCUT2D eigenvalue weighted by molar-refractivity contribution is -0.255. The summed E-state index contributed by atoms with van der Waals surface area (Å²) < 4.78 is 0. The van der Waals surface area contributed by atoms with E-state index in [1.165, 1.54) is 36.4 Å². The molecule has 0 bridgehead atoms. The van der Waals surface area contributed by atoms with Crippen molar-refractivity contribution in [3.8, 4) is 0 Å². The first kappa shape index (κ1) is 15.6. The molecule has 0 atom stereocenters. The van der Waals surface area contributed by atoms with Crippen LogP contribution < -0.4 is 10.4 Å². The zero-order valence-electron chi connectivity index (χ0n) is 10.3. The number of carboxylic acids is 1. The fourth-order valence-electron chi connectivity index (χ4n) is 1.67. The molecule has 0 fully saturated rings. The van der Waals surface area contributed by atoms with Crippen molar-refractivity contribution in [2.24, 2.45) is 0 Å². The summed E-state index contributed by atoms with van der Waals surface area (Å²) in [6.07, 6.45) is 0. The van der Waals surface area contributed by atoms with Crippen LogP contribution in [-0.4, -0.2) is 11.9 Å². The summed E-state index contributed by atoms with van der Waals surface area (Å²) in [7, 11) is 0. The molecular weight excluding hydrogens is 337 g/mol. The van der Waals surface area contributed by atoms with Gasteiger partial charge < -0.3 is 15.2 Å². The molecule has 0 saturated carbocycles. The molecule has 21 heavy (non-hydrogen) atoms. The molecule has 2 aromatic rings. The lowest BCUT2D eigenvalue weighted by atomic mass is 10.1. The van der Waals surface area contributed by atoms with E-state index in [2.05, 4.69) is 5.32 Å². The zero-order valence-corrected chi connectivity index (χ0v) is 12.6. The molecule has 7 heteroatoms. The van der Waals surface area contributed by atoms with Gasteiger partial charge in [-0.05, 0) is 18.2 Å². The first-order valence-electron chi connectivity index (χ1n) is 5.66. The van der Waals surface area contributed by atoms with E-state index in [1.807, 2.05) is 0 Å². The molecule has 0 unspecified atom stereocenters. The summed E-state index contributed by atoms with van der Waals surface area (Å²) in [6, 6.07) is 8.44. The van der Waals surface area contributed by atoms with E-state index in [1.54, 1.807) is 0 Å². The molecule has 0 spiro atoms. The minimum absolute atomic E-state index is 0.0420. The maximum Gasteiger partial charge on any atom is 0.256 e. The van der Waals surface area contributed by atoms with Crippen LogP contribution in [0.5, 0.6) is 0 Å². The summed E-state index contributed by atoms with van der Waals surface area (Å²) >= 11 is 17.6. The third-order valence-corrected chi connectivity index (χ3v) is 3.68. The van der Waals surface area contributed by atoms with Gasteiger partial charge in [-0.1, -0.05) is 53.0 Å². The van der Waals surface area contributed by atoms with E-state index in [0.29, 0.717) is 0 Å². The smallest absolute Gasteiger partial charge is 0.256 e. The third-order valence-electron chi connectivity index (χ3n) is 2.65. The number of aromatic carboxylic acids is 1. The van der Waals surface area contributed by atoms with Crippen LogP contribution in [0, 0.1) is 0 Å². The van der Waals surface area contributed by atoms with Crippen LogP contribution in [0.1, 0.15) is 20.7 Å². The standard InChI is InChI=1S/C14H8Cl3NO3/c15-9-5-11(17)12(6-10(9)16)18-13(19)7-3-1-2-4-8(7)14(20)21/h1-6H,(H,18,19)(H,20,21)/p-1. The molecule has 0 saturated heterocycles. The van der Waals surface area contributed by atoms with E-state index in [-0.39, 0.29) is 31.9 Å². The Labute approximate surface area is 135 Å². The van der Waals surface area contributed by atoms with Gasteiger partial charge in [-0.3, -0.25) is 4.79 Å². The second-order valence-electron chi connectivity index (χ2n) is 4.03. The summed E-state index contributed by atoms with van der Waals surface area (Å²) in [5.74, 6) is -2.09. The molecule has 0 radical (unpaired) electrons. The normalized spacial score (nSPS) is 10.2. The van der Waals surface area contributed by atoms with Crippen molar-refractivity contribution in [3.63, 3.8) is 0 Å². The Kier molecular flexibility index (Phi) is 4.73. The van der Waals surface area contributed by atoms with Gasteiger partial charge in [-0.25, -0.2) is 0 Å². The average molecular weight is 344 g/mol. The quantitative estimate of drug-likeness (QED) is 0.870. The highest BCUT2D eigenvalue weighted by molar-refractivity contribution is 6.44. The van der Waals surface area contributed by atoms with Gasteiger partial charge in [-0.15, -0.1) is 0 Å². The Morgan fingerprint density at radius 1 is 0.905 bits per heavy atom.